The van der Waals surface area contributed by atoms with Crippen LogP contribution in [0.5, 0.6) is 0 Å². The normalized spacial score (nSPS) is 23.9. The molecule has 3 heterocycles. The summed E-state index contributed by atoms with van der Waals surface area (Å²) in [5.74, 6) is 0. The van der Waals surface area contributed by atoms with E-state index in [1.807, 2.05) is 6.92 Å². The Morgan fingerprint density at radius 1 is 1.41 bits per heavy atom. The molecule has 1 N–H and O–H groups in total. The average molecular weight is 390 g/mol. The summed E-state index contributed by atoms with van der Waals surface area (Å²) in [6, 6.07) is 0. The lowest BCUT2D eigenvalue weighted by Crippen LogP contribution is -2.54. The number of rotatable bonds is 4. The summed E-state index contributed by atoms with van der Waals surface area (Å²) in [5.41, 5.74) is -3.55. The Bertz CT molecular complexity index is 951. The number of halogens is 3. The van der Waals surface area contributed by atoms with E-state index < -0.39 is 42.2 Å². The van der Waals surface area contributed by atoms with Gasteiger partial charge in [0.15, 0.2) is 16.8 Å². The van der Waals surface area contributed by atoms with Gasteiger partial charge < -0.3 is 14.4 Å². The molecule has 27 heavy (non-hydrogen) atoms. The van der Waals surface area contributed by atoms with Crippen molar-refractivity contribution < 1.29 is 23.0 Å². The molecule has 0 saturated carbocycles. The summed E-state index contributed by atoms with van der Waals surface area (Å²) in [7, 11) is 1.48. The molecule has 11 heteroatoms. The number of hydrogen-bond acceptors (Lipinski definition) is 5. The van der Waals surface area contributed by atoms with Gasteiger partial charge in [-0.15, -0.1) is 0 Å². The molecule has 1 aliphatic heterocycles. The number of aryl methyl sites for hydroxylation is 2. The molecule has 2 aromatic rings. The van der Waals surface area contributed by atoms with Crippen molar-refractivity contribution in [3.8, 4) is 0 Å². The number of fused-ring (bicyclic) bond motifs is 1. The van der Waals surface area contributed by atoms with Crippen LogP contribution in [0.1, 0.15) is 26.2 Å². The van der Waals surface area contributed by atoms with Crippen LogP contribution in [0.25, 0.3) is 11.2 Å². The second kappa shape index (κ2) is 6.79. The van der Waals surface area contributed by atoms with Crippen molar-refractivity contribution >= 4 is 11.2 Å². The minimum atomic E-state index is -4.80. The summed E-state index contributed by atoms with van der Waals surface area (Å²) in [6.45, 7) is 1.37. The maximum absolute atomic E-state index is 12.9. The molecule has 0 bridgehead atoms. The maximum Gasteiger partial charge on any atom is 0.419 e. The first-order valence-corrected chi connectivity index (χ1v) is 8.64. The molecule has 1 saturated heterocycles. The lowest BCUT2D eigenvalue weighted by Gasteiger charge is -2.37. The zero-order valence-electron chi connectivity index (χ0n) is 15.0. The lowest BCUT2D eigenvalue weighted by atomic mass is 9.93. The molecule has 8 nitrogen and oxygen atoms in total. The van der Waals surface area contributed by atoms with Crippen molar-refractivity contribution in [2.45, 2.75) is 57.2 Å². The zero-order valence-corrected chi connectivity index (χ0v) is 15.0. The number of aromatic nitrogens is 4. The first-order valence-electron chi connectivity index (χ1n) is 8.64. The molecular weight excluding hydrogens is 369 g/mol. The number of aliphatic hydroxyl groups is 1. The largest absolute Gasteiger partial charge is 0.419 e. The number of ether oxygens (including phenoxy) is 1. The Labute approximate surface area is 151 Å². The first-order chi connectivity index (χ1) is 12.6. The molecule has 0 radical (unpaired) electrons. The van der Waals surface area contributed by atoms with E-state index in [4.69, 9.17) is 4.74 Å². The SMILES string of the molecule is CCCn1cnc2c1c(=O)n(CC1CCC(O)(C(F)(F)F)CO1)c(=O)n2C. The van der Waals surface area contributed by atoms with E-state index in [-0.39, 0.29) is 24.1 Å². The van der Waals surface area contributed by atoms with Crippen LogP contribution in [0.15, 0.2) is 15.9 Å². The number of alkyl halides is 3. The molecule has 0 aromatic carbocycles. The van der Waals surface area contributed by atoms with Gasteiger partial charge in [-0.2, -0.15) is 13.2 Å². The Kier molecular flexibility index (Phi) is 4.93. The highest BCUT2D eigenvalue weighted by molar-refractivity contribution is 5.69. The topological polar surface area (TPSA) is 91.3 Å². The van der Waals surface area contributed by atoms with Crippen LogP contribution < -0.4 is 11.2 Å². The van der Waals surface area contributed by atoms with Gasteiger partial charge in [0.2, 0.25) is 0 Å². The Balaban J connectivity index is 1.91. The fourth-order valence-corrected chi connectivity index (χ4v) is 3.28. The third-order valence-corrected chi connectivity index (χ3v) is 4.92. The second-order valence-corrected chi connectivity index (χ2v) is 6.87. The third kappa shape index (κ3) is 3.29. The van der Waals surface area contributed by atoms with Crippen LogP contribution in [0.2, 0.25) is 0 Å². The first kappa shape index (κ1) is 19.6. The molecule has 150 valence electrons. The van der Waals surface area contributed by atoms with Crippen molar-refractivity contribution in [2.75, 3.05) is 6.61 Å². The Morgan fingerprint density at radius 3 is 2.67 bits per heavy atom. The summed E-state index contributed by atoms with van der Waals surface area (Å²) in [6.07, 6.45) is -4.01. The summed E-state index contributed by atoms with van der Waals surface area (Å²) < 4.78 is 47.6. The molecule has 2 aromatic heterocycles. The number of imidazole rings is 1. The molecule has 1 fully saturated rings. The van der Waals surface area contributed by atoms with Crippen molar-refractivity contribution in [3.05, 3.63) is 27.2 Å². The van der Waals surface area contributed by atoms with Gasteiger partial charge >= 0.3 is 11.9 Å². The van der Waals surface area contributed by atoms with E-state index in [0.29, 0.717) is 6.54 Å². The van der Waals surface area contributed by atoms with E-state index in [0.717, 1.165) is 11.0 Å². The van der Waals surface area contributed by atoms with Crippen LogP contribution in [-0.4, -0.2) is 48.3 Å². The molecule has 2 atom stereocenters. The fraction of sp³-hybridized carbons (Fsp3) is 0.688. The second-order valence-electron chi connectivity index (χ2n) is 6.87. The van der Waals surface area contributed by atoms with Gasteiger partial charge in [0.1, 0.15) is 0 Å². The van der Waals surface area contributed by atoms with Crippen LogP contribution in [-0.2, 0) is 24.9 Å². The van der Waals surface area contributed by atoms with E-state index >= 15 is 0 Å². The van der Waals surface area contributed by atoms with Crippen LogP contribution in [0.4, 0.5) is 13.2 Å². The minimum absolute atomic E-state index is 0.127. The highest BCUT2D eigenvalue weighted by Crippen LogP contribution is 2.37. The van der Waals surface area contributed by atoms with Gasteiger partial charge in [-0.05, 0) is 19.3 Å². The smallest absolute Gasteiger partial charge is 0.379 e. The van der Waals surface area contributed by atoms with Crippen molar-refractivity contribution in [1.29, 1.82) is 0 Å². The minimum Gasteiger partial charge on any atom is -0.379 e. The molecule has 1 aliphatic rings. The van der Waals surface area contributed by atoms with Gasteiger partial charge in [-0.1, -0.05) is 6.92 Å². The van der Waals surface area contributed by atoms with Crippen LogP contribution in [0, 0.1) is 0 Å². The van der Waals surface area contributed by atoms with Gasteiger partial charge in [-0.25, -0.2) is 9.78 Å². The Hall–Kier alpha value is -2.14. The van der Waals surface area contributed by atoms with Crippen molar-refractivity contribution in [1.82, 2.24) is 18.7 Å². The molecule has 0 spiro atoms. The Morgan fingerprint density at radius 2 is 2.11 bits per heavy atom. The third-order valence-electron chi connectivity index (χ3n) is 4.92. The molecule has 0 aliphatic carbocycles. The van der Waals surface area contributed by atoms with Crippen molar-refractivity contribution in [3.63, 3.8) is 0 Å². The van der Waals surface area contributed by atoms with Crippen molar-refractivity contribution in [2.24, 2.45) is 7.05 Å². The van der Waals surface area contributed by atoms with Gasteiger partial charge in [0, 0.05) is 13.6 Å². The average Bonchev–Trinajstić information content (AvgIpc) is 3.02. The molecule has 0 amide bonds. The molecule has 3 rings (SSSR count). The maximum atomic E-state index is 12.9. The van der Waals surface area contributed by atoms with Crippen LogP contribution in [0.3, 0.4) is 0 Å². The quantitative estimate of drug-likeness (QED) is 0.833. The monoisotopic (exact) mass is 390 g/mol. The van der Waals surface area contributed by atoms with E-state index in [1.54, 1.807) is 4.57 Å². The summed E-state index contributed by atoms with van der Waals surface area (Å²) >= 11 is 0. The highest BCUT2D eigenvalue weighted by Gasteiger charge is 2.55. The van der Waals surface area contributed by atoms with E-state index in [1.165, 1.54) is 17.9 Å². The van der Waals surface area contributed by atoms with Gasteiger partial charge in [-0.3, -0.25) is 13.9 Å². The lowest BCUT2D eigenvalue weighted by molar-refractivity contribution is -0.295. The van der Waals surface area contributed by atoms with Crippen LogP contribution >= 0.6 is 0 Å². The number of nitrogens with zero attached hydrogens (tertiary/aromatic N) is 4. The van der Waals surface area contributed by atoms with Gasteiger partial charge in [0.25, 0.3) is 5.56 Å². The molecule has 2 unspecified atom stereocenters. The standard InChI is InChI=1S/C16H21F3N4O4/c1-3-6-22-9-20-12-11(22)13(24)23(14(25)21(12)2)7-10-4-5-15(26,8-27-10)16(17,18)19/h9-10,26H,3-8H2,1-2H3. The summed E-state index contributed by atoms with van der Waals surface area (Å²) in [5, 5.41) is 9.66. The fourth-order valence-electron chi connectivity index (χ4n) is 3.28. The predicted octanol–water partition coefficient (Wildman–Crippen LogP) is 0.779. The number of hydrogen-bond donors (Lipinski definition) is 1. The summed E-state index contributed by atoms with van der Waals surface area (Å²) in [4.78, 5) is 29.5. The highest BCUT2D eigenvalue weighted by atomic mass is 19.4. The predicted molar refractivity (Wildman–Crippen MR) is 89.5 cm³/mol. The van der Waals surface area contributed by atoms with Gasteiger partial charge in [0.05, 0.1) is 25.6 Å². The van der Waals surface area contributed by atoms with E-state index in [2.05, 4.69) is 4.98 Å². The molecular formula is C16H21F3N4O4. The zero-order chi connectivity index (χ0) is 20.0. The van der Waals surface area contributed by atoms with E-state index in [9.17, 15) is 27.9 Å².